The van der Waals surface area contributed by atoms with Gasteiger partial charge in [0, 0.05) is 12.1 Å². The van der Waals surface area contributed by atoms with Crippen molar-refractivity contribution in [1.82, 2.24) is 5.32 Å². The number of sulfonamides is 1. The second-order valence-electron chi connectivity index (χ2n) is 7.85. The Labute approximate surface area is 174 Å². The summed E-state index contributed by atoms with van der Waals surface area (Å²) in [6, 6.07) is 13.4. The van der Waals surface area contributed by atoms with Crippen LogP contribution in [0.3, 0.4) is 0 Å². The zero-order valence-electron chi connectivity index (χ0n) is 17.0. The molecule has 0 bridgehead atoms. The van der Waals surface area contributed by atoms with E-state index in [9.17, 15) is 13.2 Å². The molecule has 1 amide bonds. The molecule has 1 fully saturated rings. The van der Waals surface area contributed by atoms with E-state index in [1.807, 2.05) is 19.1 Å². The highest BCUT2D eigenvalue weighted by atomic mass is 32.2. The van der Waals surface area contributed by atoms with Crippen LogP contribution in [-0.4, -0.2) is 20.9 Å². The number of para-hydroxylation sites is 1. The lowest BCUT2D eigenvalue weighted by atomic mass is 9.97. The van der Waals surface area contributed by atoms with Crippen LogP contribution in [0, 0.1) is 12.8 Å². The van der Waals surface area contributed by atoms with Crippen LogP contribution >= 0.6 is 0 Å². The molecule has 0 aromatic heterocycles. The lowest BCUT2D eigenvalue weighted by Crippen LogP contribution is -2.26. The Morgan fingerprint density at radius 3 is 2.45 bits per heavy atom. The number of carbonyl (C=O) groups excluding carboxylic acids is 1. The van der Waals surface area contributed by atoms with Crippen molar-refractivity contribution in [3.8, 4) is 0 Å². The van der Waals surface area contributed by atoms with E-state index in [-0.39, 0.29) is 10.8 Å². The van der Waals surface area contributed by atoms with Crippen LogP contribution < -0.4 is 10.0 Å². The normalized spacial score (nSPS) is 15.5. The van der Waals surface area contributed by atoms with Crippen molar-refractivity contribution in [1.29, 1.82) is 0 Å². The van der Waals surface area contributed by atoms with Crippen molar-refractivity contribution in [2.45, 2.75) is 56.8 Å². The van der Waals surface area contributed by atoms with E-state index >= 15 is 0 Å². The largest absolute Gasteiger partial charge is 0.352 e. The second-order valence-corrected chi connectivity index (χ2v) is 9.53. The van der Waals surface area contributed by atoms with Gasteiger partial charge in [0.2, 0.25) is 0 Å². The van der Waals surface area contributed by atoms with Gasteiger partial charge in [-0.15, -0.1) is 0 Å². The fourth-order valence-electron chi connectivity index (χ4n) is 3.84. The molecular formula is C23H30N2O3S. The first-order chi connectivity index (χ1) is 14.0. The standard InChI is InChI=1S/C23H30N2O3S/c1-18-9-6-7-14-22(18)25-29(27,28)21-13-8-12-20(17-21)23(26)24-16-15-19-10-4-2-3-5-11-19/h6-9,12-14,17,19,25H,2-5,10-11,15-16H2,1H3,(H,24,26). The van der Waals surface area contributed by atoms with Crippen molar-refractivity contribution in [2.75, 3.05) is 11.3 Å². The van der Waals surface area contributed by atoms with Gasteiger partial charge >= 0.3 is 0 Å². The predicted molar refractivity (Wildman–Crippen MR) is 117 cm³/mol. The van der Waals surface area contributed by atoms with Gasteiger partial charge in [0.25, 0.3) is 15.9 Å². The molecule has 5 nitrogen and oxygen atoms in total. The number of anilines is 1. The van der Waals surface area contributed by atoms with E-state index < -0.39 is 10.0 Å². The number of nitrogens with one attached hydrogen (secondary N) is 2. The average Bonchev–Trinajstić information content (AvgIpc) is 2.98. The van der Waals surface area contributed by atoms with E-state index in [2.05, 4.69) is 10.0 Å². The molecule has 0 saturated heterocycles. The Bertz CT molecular complexity index is 933. The third kappa shape index (κ3) is 6.07. The maximum atomic E-state index is 12.7. The maximum absolute atomic E-state index is 12.7. The van der Waals surface area contributed by atoms with Crippen LogP contribution in [0.25, 0.3) is 0 Å². The zero-order valence-corrected chi connectivity index (χ0v) is 17.8. The molecule has 6 heteroatoms. The van der Waals surface area contributed by atoms with Crippen LogP contribution in [0.5, 0.6) is 0 Å². The summed E-state index contributed by atoms with van der Waals surface area (Å²) in [4.78, 5) is 12.6. The van der Waals surface area contributed by atoms with E-state index in [1.165, 1.54) is 50.7 Å². The van der Waals surface area contributed by atoms with Crippen molar-refractivity contribution in [2.24, 2.45) is 5.92 Å². The summed E-state index contributed by atoms with van der Waals surface area (Å²) in [5, 5.41) is 2.95. The monoisotopic (exact) mass is 414 g/mol. The first-order valence-corrected chi connectivity index (χ1v) is 11.9. The maximum Gasteiger partial charge on any atom is 0.261 e. The number of hydrogen-bond donors (Lipinski definition) is 2. The third-order valence-corrected chi connectivity index (χ3v) is 6.97. The van der Waals surface area contributed by atoms with Gasteiger partial charge in [-0.05, 0) is 49.1 Å². The summed E-state index contributed by atoms with van der Waals surface area (Å²) < 4.78 is 28.1. The van der Waals surface area contributed by atoms with Crippen LogP contribution in [-0.2, 0) is 10.0 Å². The summed E-state index contributed by atoms with van der Waals surface area (Å²) in [5.74, 6) is 0.453. The fourth-order valence-corrected chi connectivity index (χ4v) is 5.02. The van der Waals surface area contributed by atoms with Gasteiger partial charge in [-0.25, -0.2) is 8.42 Å². The molecule has 0 atom stereocenters. The van der Waals surface area contributed by atoms with Crippen LogP contribution in [0.4, 0.5) is 5.69 Å². The summed E-state index contributed by atoms with van der Waals surface area (Å²) >= 11 is 0. The number of benzene rings is 2. The quantitative estimate of drug-likeness (QED) is 0.634. The van der Waals surface area contributed by atoms with Gasteiger partial charge in [0.15, 0.2) is 0 Å². The molecule has 0 radical (unpaired) electrons. The number of rotatable bonds is 7. The van der Waals surface area contributed by atoms with Crippen LogP contribution in [0.15, 0.2) is 53.4 Å². The van der Waals surface area contributed by atoms with Crippen molar-refractivity contribution >= 4 is 21.6 Å². The number of hydrogen-bond acceptors (Lipinski definition) is 3. The fraction of sp³-hybridized carbons (Fsp3) is 0.435. The average molecular weight is 415 g/mol. The molecule has 29 heavy (non-hydrogen) atoms. The molecule has 0 aliphatic heterocycles. The molecule has 2 N–H and O–H groups in total. The van der Waals surface area contributed by atoms with E-state index in [1.54, 1.807) is 24.3 Å². The van der Waals surface area contributed by atoms with E-state index in [4.69, 9.17) is 0 Å². The summed E-state index contributed by atoms with van der Waals surface area (Å²) in [6.45, 7) is 2.47. The molecule has 0 heterocycles. The minimum absolute atomic E-state index is 0.0807. The smallest absolute Gasteiger partial charge is 0.261 e. The van der Waals surface area contributed by atoms with Crippen LogP contribution in [0.2, 0.25) is 0 Å². The van der Waals surface area contributed by atoms with Gasteiger partial charge in [-0.1, -0.05) is 62.8 Å². The molecule has 1 aliphatic rings. The van der Waals surface area contributed by atoms with E-state index in [0.29, 0.717) is 23.7 Å². The molecule has 1 aliphatic carbocycles. The minimum Gasteiger partial charge on any atom is -0.352 e. The molecule has 0 unspecified atom stereocenters. The van der Waals surface area contributed by atoms with Gasteiger partial charge in [-0.2, -0.15) is 0 Å². The number of aryl methyl sites for hydroxylation is 1. The van der Waals surface area contributed by atoms with Crippen LogP contribution in [0.1, 0.15) is 60.9 Å². The molecule has 2 aromatic carbocycles. The third-order valence-electron chi connectivity index (χ3n) is 5.61. The first-order valence-electron chi connectivity index (χ1n) is 10.4. The molecule has 1 saturated carbocycles. The molecule has 3 rings (SSSR count). The predicted octanol–water partition coefficient (Wildman–Crippen LogP) is 4.89. The number of carbonyl (C=O) groups is 1. The van der Waals surface area contributed by atoms with Gasteiger partial charge in [0.05, 0.1) is 10.6 Å². The Morgan fingerprint density at radius 1 is 1.00 bits per heavy atom. The Balaban J connectivity index is 1.62. The highest BCUT2D eigenvalue weighted by Crippen LogP contribution is 2.25. The molecule has 0 spiro atoms. The second kappa shape index (κ2) is 9.92. The summed E-state index contributed by atoms with van der Waals surface area (Å²) in [5.41, 5.74) is 1.73. The summed E-state index contributed by atoms with van der Waals surface area (Å²) in [6.07, 6.45) is 8.68. The van der Waals surface area contributed by atoms with Crippen molar-refractivity contribution in [3.63, 3.8) is 0 Å². The lowest BCUT2D eigenvalue weighted by molar-refractivity contribution is 0.0950. The van der Waals surface area contributed by atoms with Gasteiger partial charge in [0.1, 0.15) is 0 Å². The number of amides is 1. The molecule has 2 aromatic rings. The van der Waals surface area contributed by atoms with Gasteiger partial charge in [-0.3, -0.25) is 9.52 Å². The summed E-state index contributed by atoms with van der Waals surface area (Å²) in [7, 11) is -3.76. The van der Waals surface area contributed by atoms with Crippen molar-refractivity contribution < 1.29 is 13.2 Å². The Kier molecular flexibility index (Phi) is 7.31. The zero-order chi connectivity index (χ0) is 20.7. The Hall–Kier alpha value is -2.34. The SMILES string of the molecule is Cc1ccccc1NS(=O)(=O)c1cccc(C(=O)NCCC2CCCCCC2)c1. The molecular weight excluding hydrogens is 384 g/mol. The van der Waals surface area contributed by atoms with Crippen molar-refractivity contribution in [3.05, 3.63) is 59.7 Å². The van der Waals surface area contributed by atoms with Gasteiger partial charge < -0.3 is 5.32 Å². The lowest BCUT2D eigenvalue weighted by Gasteiger charge is -2.14. The molecule has 156 valence electrons. The first kappa shape index (κ1) is 21.4. The topological polar surface area (TPSA) is 75.3 Å². The Morgan fingerprint density at radius 2 is 1.72 bits per heavy atom. The minimum atomic E-state index is -3.76. The van der Waals surface area contributed by atoms with E-state index in [0.717, 1.165) is 12.0 Å². The highest BCUT2D eigenvalue weighted by molar-refractivity contribution is 7.92. The highest BCUT2D eigenvalue weighted by Gasteiger charge is 2.18.